The first-order valence-corrected chi connectivity index (χ1v) is 19.6. The molecule has 1 unspecified atom stereocenters. The molecule has 0 N–H and O–H groups in total. The van der Waals surface area contributed by atoms with Crippen LogP contribution in [0.4, 0.5) is 0 Å². The second-order valence-corrected chi connectivity index (χ2v) is 14.9. The number of fused-ring (bicyclic) bond motifs is 8. The third-order valence-electron chi connectivity index (χ3n) is 11.8. The molecule has 2 heteroatoms. The largest absolute Gasteiger partial charge is 0.228 e. The summed E-state index contributed by atoms with van der Waals surface area (Å²) in [7, 11) is 0. The fraction of sp³-hybridized carbons (Fsp3) is 0.0182. The van der Waals surface area contributed by atoms with Crippen LogP contribution in [0, 0.1) is 0 Å². The highest BCUT2D eigenvalue weighted by atomic mass is 14.9. The Hall–Kier alpha value is -7.42. The summed E-state index contributed by atoms with van der Waals surface area (Å²) < 4.78 is 0. The van der Waals surface area contributed by atoms with Crippen molar-refractivity contribution in [3.63, 3.8) is 0 Å². The Kier molecular flexibility index (Phi) is 7.75. The minimum absolute atomic E-state index is 0.675. The van der Waals surface area contributed by atoms with E-state index >= 15 is 0 Å². The predicted molar refractivity (Wildman–Crippen MR) is 236 cm³/mol. The first-order chi connectivity index (χ1) is 28.3. The lowest BCUT2D eigenvalue weighted by Crippen LogP contribution is -2.33. The van der Waals surface area contributed by atoms with Gasteiger partial charge >= 0.3 is 0 Å². The van der Waals surface area contributed by atoms with Gasteiger partial charge in [0.25, 0.3) is 0 Å². The van der Waals surface area contributed by atoms with Gasteiger partial charge in [0.15, 0.2) is 5.82 Å². The van der Waals surface area contributed by atoms with Gasteiger partial charge in [0.2, 0.25) is 0 Å². The van der Waals surface area contributed by atoms with Crippen LogP contribution in [0.5, 0.6) is 0 Å². The maximum atomic E-state index is 5.32. The zero-order valence-electron chi connectivity index (χ0n) is 31.2. The van der Waals surface area contributed by atoms with Crippen LogP contribution >= 0.6 is 0 Å². The first-order valence-electron chi connectivity index (χ1n) is 19.6. The third kappa shape index (κ3) is 5.26. The van der Waals surface area contributed by atoms with Crippen molar-refractivity contribution in [1.29, 1.82) is 0 Å². The van der Waals surface area contributed by atoms with Gasteiger partial charge in [0, 0.05) is 16.5 Å². The van der Waals surface area contributed by atoms with Crippen molar-refractivity contribution in [2.45, 2.75) is 5.41 Å². The summed E-state index contributed by atoms with van der Waals surface area (Å²) in [6, 6.07) is 79.2. The molecule has 0 amide bonds. The summed E-state index contributed by atoms with van der Waals surface area (Å²) in [5, 5.41) is 3.44. The van der Waals surface area contributed by atoms with E-state index in [2.05, 4.69) is 218 Å². The standard InChI is InChI=1S/C55H36N2/c1-3-17-38(18-4-1)52-47-26-15-28-50(52)55(42-20-5-2-6-21-42,49-27-13-11-24-46(49)44-22-9-10-23-45(44)47)43-34-32-39(33-35-43)54-56-51-29-14-12-25-48(51)53(57-54)41-31-30-37-16-7-8-19-40(37)36-41/h1-36H. The summed E-state index contributed by atoms with van der Waals surface area (Å²) in [4.78, 5) is 10.5. The van der Waals surface area contributed by atoms with Crippen LogP contribution in [0.25, 0.3) is 77.7 Å². The van der Waals surface area contributed by atoms with E-state index in [0.29, 0.717) is 5.82 Å². The molecule has 1 aromatic heterocycles. The lowest BCUT2D eigenvalue weighted by Gasteiger charge is -2.41. The molecule has 1 aliphatic rings. The molecule has 0 saturated heterocycles. The van der Waals surface area contributed by atoms with E-state index in [-0.39, 0.29) is 0 Å². The van der Waals surface area contributed by atoms with Gasteiger partial charge in [-0.25, -0.2) is 9.97 Å². The normalized spacial score (nSPS) is 14.4. The van der Waals surface area contributed by atoms with Gasteiger partial charge in [-0.3, -0.25) is 0 Å². The summed E-state index contributed by atoms with van der Waals surface area (Å²) in [5.41, 5.74) is 15.4. The highest BCUT2D eigenvalue weighted by molar-refractivity contribution is 5.99. The zero-order chi connectivity index (χ0) is 37.8. The fourth-order valence-corrected chi connectivity index (χ4v) is 9.26. The Morgan fingerprint density at radius 1 is 0.333 bits per heavy atom. The van der Waals surface area contributed by atoms with E-state index in [1.54, 1.807) is 0 Å². The molecule has 2 bridgehead atoms. The number of benzene rings is 9. The van der Waals surface area contributed by atoms with Crippen molar-refractivity contribution >= 4 is 21.7 Å². The average molecular weight is 725 g/mol. The van der Waals surface area contributed by atoms with Gasteiger partial charge in [0.1, 0.15) is 0 Å². The molecule has 0 aliphatic heterocycles. The molecule has 9 aromatic carbocycles. The summed E-state index contributed by atoms with van der Waals surface area (Å²) in [6.07, 6.45) is 0. The van der Waals surface area contributed by atoms with Crippen molar-refractivity contribution in [2.75, 3.05) is 0 Å². The van der Waals surface area contributed by atoms with Crippen molar-refractivity contribution in [2.24, 2.45) is 0 Å². The Morgan fingerprint density at radius 3 is 1.72 bits per heavy atom. The van der Waals surface area contributed by atoms with E-state index in [1.165, 1.54) is 66.4 Å². The molecule has 0 radical (unpaired) electrons. The molecule has 57 heavy (non-hydrogen) atoms. The molecule has 10 aromatic rings. The van der Waals surface area contributed by atoms with Crippen LogP contribution in [-0.2, 0) is 5.41 Å². The SMILES string of the molecule is c1ccc(-c2c3cccc2C(c2ccccc2)(c2ccc(-c4nc(-c5ccc6ccccc6c5)c5ccccc5n4)cc2)c2ccccc2-c2ccccc2-3)cc1. The average Bonchev–Trinajstić information content (AvgIpc) is 3.29. The van der Waals surface area contributed by atoms with Gasteiger partial charge in [-0.1, -0.05) is 206 Å². The van der Waals surface area contributed by atoms with E-state index in [9.17, 15) is 0 Å². The molecule has 11 rings (SSSR count). The number of hydrogen-bond donors (Lipinski definition) is 0. The lowest BCUT2D eigenvalue weighted by atomic mass is 9.60. The van der Waals surface area contributed by atoms with E-state index < -0.39 is 5.41 Å². The Balaban J connectivity index is 1.18. The smallest absolute Gasteiger partial charge is 0.160 e. The van der Waals surface area contributed by atoms with Crippen molar-refractivity contribution < 1.29 is 0 Å². The number of para-hydroxylation sites is 1. The minimum Gasteiger partial charge on any atom is -0.228 e. The lowest BCUT2D eigenvalue weighted by molar-refractivity contribution is 0.748. The van der Waals surface area contributed by atoms with Gasteiger partial charge < -0.3 is 0 Å². The topological polar surface area (TPSA) is 25.8 Å². The second-order valence-electron chi connectivity index (χ2n) is 14.9. The van der Waals surface area contributed by atoms with Crippen LogP contribution in [0.15, 0.2) is 218 Å². The van der Waals surface area contributed by atoms with Crippen molar-refractivity contribution in [1.82, 2.24) is 9.97 Å². The maximum absolute atomic E-state index is 5.32. The molecular formula is C55H36N2. The van der Waals surface area contributed by atoms with Crippen molar-refractivity contribution in [3.8, 4) is 56.0 Å². The molecule has 0 fully saturated rings. The van der Waals surface area contributed by atoms with Gasteiger partial charge in [-0.2, -0.15) is 0 Å². The molecule has 1 aliphatic carbocycles. The van der Waals surface area contributed by atoms with Crippen LogP contribution in [-0.4, -0.2) is 9.97 Å². The Labute approximate surface area is 332 Å². The maximum Gasteiger partial charge on any atom is 0.160 e. The predicted octanol–water partition coefficient (Wildman–Crippen LogP) is 13.8. The molecule has 0 saturated carbocycles. The Bertz CT molecular complexity index is 3110. The summed E-state index contributed by atoms with van der Waals surface area (Å²) in [6.45, 7) is 0. The van der Waals surface area contributed by atoms with E-state index in [4.69, 9.17) is 9.97 Å². The van der Waals surface area contributed by atoms with Crippen LogP contribution in [0.3, 0.4) is 0 Å². The first kappa shape index (κ1) is 33.0. The quantitative estimate of drug-likeness (QED) is 0.177. The number of rotatable bonds is 5. The highest BCUT2D eigenvalue weighted by Gasteiger charge is 2.43. The highest BCUT2D eigenvalue weighted by Crippen LogP contribution is 2.55. The fourth-order valence-electron chi connectivity index (χ4n) is 9.26. The van der Waals surface area contributed by atoms with Crippen LogP contribution < -0.4 is 0 Å². The summed E-state index contributed by atoms with van der Waals surface area (Å²) in [5.74, 6) is 0.705. The van der Waals surface area contributed by atoms with Gasteiger partial charge in [0.05, 0.1) is 16.6 Å². The van der Waals surface area contributed by atoms with Gasteiger partial charge in [-0.05, 0) is 78.5 Å². The molecule has 2 nitrogen and oxygen atoms in total. The van der Waals surface area contributed by atoms with Crippen LogP contribution in [0.2, 0.25) is 0 Å². The minimum atomic E-state index is -0.675. The molecule has 0 spiro atoms. The monoisotopic (exact) mass is 724 g/mol. The number of nitrogens with zero attached hydrogens (tertiary/aromatic N) is 2. The van der Waals surface area contributed by atoms with Crippen molar-refractivity contribution in [3.05, 3.63) is 241 Å². The van der Waals surface area contributed by atoms with E-state index in [0.717, 1.165) is 27.7 Å². The second kappa shape index (κ2) is 13.4. The summed E-state index contributed by atoms with van der Waals surface area (Å²) >= 11 is 0. The number of hydrogen-bond acceptors (Lipinski definition) is 2. The molecule has 1 heterocycles. The third-order valence-corrected chi connectivity index (χ3v) is 11.8. The van der Waals surface area contributed by atoms with Gasteiger partial charge in [-0.15, -0.1) is 0 Å². The molecular weight excluding hydrogens is 689 g/mol. The zero-order valence-corrected chi connectivity index (χ0v) is 31.2. The molecule has 266 valence electrons. The van der Waals surface area contributed by atoms with Crippen LogP contribution in [0.1, 0.15) is 22.3 Å². The molecule has 1 atom stereocenters. The van der Waals surface area contributed by atoms with E-state index in [1.807, 2.05) is 0 Å². The Morgan fingerprint density at radius 2 is 0.912 bits per heavy atom. The number of aromatic nitrogens is 2.